The summed E-state index contributed by atoms with van der Waals surface area (Å²) in [6.45, 7) is 3.01. The molecule has 1 aliphatic rings. The maximum absolute atomic E-state index is 12.8. The Kier molecular flexibility index (Phi) is 6.84. The first-order valence-corrected chi connectivity index (χ1v) is 10.8. The van der Waals surface area contributed by atoms with Crippen LogP contribution < -0.4 is 5.32 Å². The van der Waals surface area contributed by atoms with E-state index in [1.165, 1.54) is 0 Å². The number of fused-ring (bicyclic) bond motifs is 1. The number of ether oxygens (including phenoxy) is 1. The van der Waals surface area contributed by atoms with E-state index in [2.05, 4.69) is 5.32 Å². The van der Waals surface area contributed by atoms with Gasteiger partial charge in [-0.25, -0.2) is 4.98 Å². The van der Waals surface area contributed by atoms with Crippen molar-refractivity contribution in [3.05, 3.63) is 64.9 Å². The Balaban J connectivity index is 1.42. The Morgan fingerprint density at radius 3 is 2.61 bits per heavy atom. The van der Waals surface area contributed by atoms with E-state index in [4.69, 9.17) is 21.3 Å². The summed E-state index contributed by atoms with van der Waals surface area (Å²) >= 11 is 6.14. The summed E-state index contributed by atoms with van der Waals surface area (Å²) in [6, 6.07) is 15.1. The van der Waals surface area contributed by atoms with Crippen molar-refractivity contribution in [2.75, 3.05) is 32.8 Å². The van der Waals surface area contributed by atoms with Gasteiger partial charge in [0.2, 0.25) is 11.8 Å². The third-order valence-corrected chi connectivity index (χ3v) is 5.74. The molecule has 31 heavy (non-hydrogen) atoms. The van der Waals surface area contributed by atoms with Gasteiger partial charge < -0.3 is 19.5 Å². The highest BCUT2D eigenvalue weighted by atomic mass is 35.5. The summed E-state index contributed by atoms with van der Waals surface area (Å²) in [6.07, 6.45) is 0.755. The molecule has 7 nitrogen and oxygen atoms in total. The summed E-state index contributed by atoms with van der Waals surface area (Å²) in [7, 11) is 0. The van der Waals surface area contributed by atoms with E-state index in [0.717, 1.165) is 22.4 Å². The third kappa shape index (κ3) is 5.24. The number of morpholine rings is 1. The van der Waals surface area contributed by atoms with Gasteiger partial charge in [0.05, 0.1) is 30.7 Å². The number of hydrogen-bond acceptors (Lipinski definition) is 4. The molecule has 2 aromatic carbocycles. The molecular formula is C23H25ClN4O3. The zero-order valence-corrected chi connectivity index (χ0v) is 18.0. The Morgan fingerprint density at radius 1 is 1.06 bits per heavy atom. The summed E-state index contributed by atoms with van der Waals surface area (Å²) in [4.78, 5) is 31.7. The Hall–Kier alpha value is -2.90. The lowest BCUT2D eigenvalue weighted by molar-refractivity contribution is -0.135. The van der Waals surface area contributed by atoms with Crippen molar-refractivity contribution in [1.82, 2.24) is 19.8 Å². The molecular weight excluding hydrogens is 416 g/mol. The van der Waals surface area contributed by atoms with Gasteiger partial charge in [-0.05, 0) is 23.8 Å². The van der Waals surface area contributed by atoms with E-state index in [-0.39, 0.29) is 24.8 Å². The third-order valence-electron chi connectivity index (χ3n) is 5.37. The van der Waals surface area contributed by atoms with E-state index in [1.807, 2.05) is 51.9 Å². The van der Waals surface area contributed by atoms with Crippen molar-refractivity contribution >= 4 is 34.4 Å². The molecule has 4 rings (SSSR count). The summed E-state index contributed by atoms with van der Waals surface area (Å²) < 4.78 is 7.29. The summed E-state index contributed by atoms with van der Waals surface area (Å²) in [5.41, 5.74) is 2.56. The predicted octanol–water partition coefficient (Wildman–Crippen LogP) is 2.45. The number of benzene rings is 2. The topological polar surface area (TPSA) is 76.5 Å². The molecule has 1 N–H and O–H groups in total. The van der Waals surface area contributed by atoms with Crippen LogP contribution in [0.3, 0.4) is 0 Å². The van der Waals surface area contributed by atoms with Crippen molar-refractivity contribution in [2.45, 2.75) is 19.4 Å². The molecule has 0 saturated carbocycles. The molecule has 1 fully saturated rings. The number of rotatable bonds is 7. The van der Waals surface area contributed by atoms with Gasteiger partial charge in [0, 0.05) is 31.1 Å². The van der Waals surface area contributed by atoms with Crippen LogP contribution in [-0.2, 0) is 33.7 Å². The molecule has 1 saturated heterocycles. The number of imidazole rings is 1. The van der Waals surface area contributed by atoms with E-state index in [1.54, 1.807) is 6.07 Å². The van der Waals surface area contributed by atoms with Gasteiger partial charge in [-0.1, -0.05) is 41.9 Å². The molecule has 0 aliphatic carbocycles. The van der Waals surface area contributed by atoms with E-state index in [0.29, 0.717) is 44.3 Å². The van der Waals surface area contributed by atoms with Crippen LogP contribution in [0.4, 0.5) is 0 Å². The molecule has 1 aliphatic heterocycles. The van der Waals surface area contributed by atoms with Crippen molar-refractivity contribution in [3.63, 3.8) is 0 Å². The number of nitrogens with zero attached hydrogens (tertiary/aromatic N) is 3. The molecule has 3 aromatic rings. The number of carbonyl (C=O) groups excluding carboxylic acids is 2. The molecule has 0 unspecified atom stereocenters. The summed E-state index contributed by atoms with van der Waals surface area (Å²) in [5, 5.41) is 3.52. The van der Waals surface area contributed by atoms with Crippen LogP contribution in [0.25, 0.3) is 11.0 Å². The van der Waals surface area contributed by atoms with Crippen LogP contribution in [0.5, 0.6) is 0 Å². The van der Waals surface area contributed by atoms with Gasteiger partial charge in [-0.3, -0.25) is 9.59 Å². The van der Waals surface area contributed by atoms with Crippen LogP contribution in [0.2, 0.25) is 5.02 Å². The summed E-state index contributed by atoms with van der Waals surface area (Å²) in [5.74, 6) is 0.733. The highest BCUT2D eigenvalue weighted by Crippen LogP contribution is 2.18. The molecule has 2 amide bonds. The fourth-order valence-corrected chi connectivity index (χ4v) is 3.93. The van der Waals surface area contributed by atoms with Crippen molar-refractivity contribution in [1.29, 1.82) is 0 Å². The second-order valence-corrected chi connectivity index (χ2v) is 7.87. The molecule has 0 radical (unpaired) electrons. The number of aromatic nitrogens is 2. The van der Waals surface area contributed by atoms with Crippen LogP contribution >= 0.6 is 11.6 Å². The second kappa shape index (κ2) is 9.94. The average Bonchev–Trinajstić information content (AvgIpc) is 3.13. The molecule has 2 heterocycles. The maximum atomic E-state index is 12.8. The highest BCUT2D eigenvalue weighted by molar-refractivity contribution is 6.31. The minimum absolute atomic E-state index is 0.0514. The smallest absolute Gasteiger partial charge is 0.242 e. The van der Waals surface area contributed by atoms with E-state index in [9.17, 15) is 9.59 Å². The molecule has 1 aromatic heterocycles. The first-order valence-electron chi connectivity index (χ1n) is 10.4. The lowest BCUT2D eigenvalue weighted by Gasteiger charge is -2.27. The minimum atomic E-state index is -0.0971. The predicted molar refractivity (Wildman–Crippen MR) is 119 cm³/mol. The van der Waals surface area contributed by atoms with Gasteiger partial charge in [0.15, 0.2) is 0 Å². The van der Waals surface area contributed by atoms with Gasteiger partial charge in [0.25, 0.3) is 0 Å². The van der Waals surface area contributed by atoms with Crippen molar-refractivity contribution < 1.29 is 14.3 Å². The molecule has 8 heteroatoms. The van der Waals surface area contributed by atoms with Gasteiger partial charge >= 0.3 is 0 Å². The zero-order valence-electron chi connectivity index (χ0n) is 17.2. The molecule has 0 bridgehead atoms. The molecule has 0 atom stereocenters. The number of para-hydroxylation sites is 2. The first-order chi connectivity index (χ1) is 15.1. The SMILES string of the molecule is O=C(Cc1ccccc1Cl)NCCc1nc2ccccc2n1CC(=O)N1CCOCC1. The Morgan fingerprint density at radius 2 is 1.81 bits per heavy atom. The zero-order chi connectivity index (χ0) is 21.6. The number of hydrogen-bond donors (Lipinski definition) is 1. The number of nitrogens with one attached hydrogen (secondary N) is 1. The number of amides is 2. The monoisotopic (exact) mass is 440 g/mol. The fourth-order valence-electron chi connectivity index (χ4n) is 3.73. The maximum Gasteiger partial charge on any atom is 0.242 e. The van der Waals surface area contributed by atoms with Crippen LogP contribution in [0.15, 0.2) is 48.5 Å². The Bertz CT molecular complexity index is 1080. The van der Waals surface area contributed by atoms with Crippen LogP contribution in [0.1, 0.15) is 11.4 Å². The quantitative estimate of drug-likeness (QED) is 0.612. The average molecular weight is 441 g/mol. The van der Waals surface area contributed by atoms with E-state index < -0.39 is 0 Å². The molecule has 162 valence electrons. The second-order valence-electron chi connectivity index (χ2n) is 7.46. The van der Waals surface area contributed by atoms with Crippen molar-refractivity contribution in [3.8, 4) is 0 Å². The fraction of sp³-hybridized carbons (Fsp3) is 0.348. The lowest BCUT2D eigenvalue weighted by atomic mass is 10.1. The van der Waals surface area contributed by atoms with E-state index >= 15 is 0 Å². The standard InChI is InChI=1S/C23H25ClN4O3/c24-18-6-2-1-5-17(18)15-22(29)25-10-9-21-26-19-7-3-4-8-20(19)28(21)16-23(30)27-11-13-31-14-12-27/h1-8H,9-16H2,(H,25,29). The van der Waals surface area contributed by atoms with Crippen LogP contribution in [-0.4, -0.2) is 59.1 Å². The Labute approximate surface area is 186 Å². The van der Waals surface area contributed by atoms with Crippen molar-refractivity contribution in [2.24, 2.45) is 0 Å². The van der Waals surface area contributed by atoms with Gasteiger partial charge in [-0.2, -0.15) is 0 Å². The number of halogens is 1. The highest BCUT2D eigenvalue weighted by Gasteiger charge is 2.20. The number of carbonyl (C=O) groups is 2. The minimum Gasteiger partial charge on any atom is -0.378 e. The van der Waals surface area contributed by atoms with Gasteiger partial charge in [0.1, 0.15) is 12.4 Å². The first kappa shape index (κ1) is 21.3. The van der Waals surface area contributed by atoms with Crippen LogP contribution in [0, 0.1) is 0 Å². The van der Waals surface area contributed by atoms with Gasteiger partial charge in [-0.15, -0.1) is 0 Å². The lowest BCUT2D eigenvalue weighted by Crippen LogP contribution is -2.42. The molecule has 0 spiro atoms. The normalized spacial score (nSPS) is 14.0. The largest absolute Gasteiger partial charge is 0.378 e.